The highest BCUT2D eigenvalue weighted by Crippen LogP contribution is 2.30. The zero-order chi connectivity index (χ0) is 10.7. The maximum Gasteiger partial charge on any atom is 0.125 e. The average Bonchev–Trinajstić information content (AvgIpc) is 2.16. The van der Waals surface area contributed by atoms with Crippen molar-refractivity contribution in [1.82, 2.24) is 0 Å². The summed E-state index contributed by atoms with van der Waals surface area (Å²) >= 11 is 0. The number of hydrogen-bond donors (Lipinski definition) is 0. The van der Waals surface area contributed by atoms with Crippen LogP contribution in [0.3, 0.4) is 0 Å². The van der Waals surface area contributed by atoms with Gasteiger partial charge in [-0.15, -0.1) is 0 Å². The van der Waals surface area contributed by atoms with E-state index < -0.39 is 0 Å². The van der Waals surface area contributed by atoms with Gasteiger partial charge in [-0.3, -0.25) is 0 Å². The van der Waals surface area contributed by atoms with Crippen molar-refractivity contribution >= 4 is 0 Å². The molecule has 0 aromatic heterocycles. The molecule has 2 heteroatoms. The highest BCUT2D eigenvalue weighted by molar-refractivity contribution is 5.48. The Morgan fingerprint density at radius 2 is 2.00 bits per heavy atom. The molecule has 0 spiro atoms. The fraction of sp³-hybridized carbons (Fsp3) is 0.417. The Balaban J connectivity index is 3.37. The number of rotatable bonds is 2. The van der Waals surface area contributed by atoms with Crippen LogP contribution in [-0.4, -0.2) is 7.11 Å². The van der Waals surface area contributed by atoms with E-state index in [0.717, 1.165) is 16.9 Å². The van der Waals surface area contributed by atoms with E-state index in [4.69, 9.17) is 10.00 Å². The minimum atomic E-state index is 0.372. The number of ether oxygens (including phenoxy) is 1. The van der Waals surface area contributed by atoms with Crippen molar-refractivity contribution in [3.05, 3.63) is 28.8 Å². The fourth-order valence-electron chi connectivity index (χ4n) is 1.57. The quantitative estimate of drug-likeness (QED) is 0.716. The third kappa shape index (κ3) is 1.88. The SMILES string of the molecule is COc1c(C)cc(C#N)cc1C(C)C. The summed E-state index contributed by atoms with van der Waals surface area (Å²) in [5, 5.41) is 8.84. The second-order valence-electron chi connectivity index (χ2n) is 3.68. The Morgan fingerprint density at radius 3 is 2.43 bits per heavy atom. The molecule has 0 aliphatic heterocycles. The summed E-state index contributed by atoms with van der Waals surface area (Å²) < 4.78 is 5.33. The molecule has 0 bridgehead atoms. The first-order valence-corrected chi connectivity index (χ1v) is 4.68. The third-order valence-electron chi connectivity index (χ3n) is 2.26. The van der Waals surface area contributed by atoms with Crippen molar-refractivity contribution in [2.24, 2.45) is 0 Å². The summed E-state index contributed by atoms with van der Waals surface area (Å²) in [6.45, 7) is 6.16. The first-order valence-electron chi connectivity index (χ1n) is 4.68. The largest absolute Gasteiger partial charge is 0.496 e. The van der Waals surface area contributed by atoms with Crippen molar-refractivity contribution in [2.45, 2.75) is 26.7 Å². The van der Waals surface area contributed by atoms with E-state index in [9.17, 15) is 0 Å². The first kappa shape index (κ1) is 10.6. The van der Waals surface area contributed by atoms with Gasteiger partial charge < -0.3 is 4.74 Å². The molecule has 74 valence electrons. The minimum Gasteiger partial charge on any atom is -0.496 e. The van der Waals surface area contributed by atoms with Gasteiger partial charge in [0.05, 0.1) is 18.7 Å². The van der Waals surface area contributed by atoms with Crippen LogP contribution in [0.5, 0.6) is 5.75 Å². The van der Waals surface area contributed by atoms with Gasteiger partial charge >= 0.3 is 0 Å². The van der Waals surface area contributed by atoms with E-state index in [0.29, 0.717) is 11.5 Å². The lowest BCUT2D eigenvalue weighted by atomic mass is 9.97. The van der Waals surface area contributed by atoms with Crippen LogP contribution in [0.15, 0.2) is 12.1 Å². The van der Waals surface area contributed by atoms with Gasteiger partial charge in [0.15, 0.2) is 0 Å². The van der Waals surface area contributed by atoms with Crippen LogP contribution < -0.4 is 4.74 Å². The fourth-order valence-corrected chi connectivity index (χ4v) is 1.57. The summed E-state index contributed by atoms with van der Waals surface area (Å²) in [6.07, 6.45) is 0. The van der Waals surface area contributed by atoms with Crippen LogP contribution in [0, 0.1) is 18.3 Å². The Labute approximate surface area is 85.1 Å². The van der Waals surface area contributed by atoms with Crippen molar-refractivity contribution < 1.29 is 4.74 Å². The molecular formula is C12H15NO. The molecule has 0 unspecified atom stereocenters. The molecule has 1 aromatic rings. The average molecular weight is 189 g/mol. The lowest BCUT2D eigenvalue weighted by Crippen LogP contribution is -1.97. The Kier molecular flexibility index (Phi) is 3.14. The van der Waals surface area contributed by atoms with Crippen LogP contribution in [0.25, 0.3) is 0 Å². The topological polar surface area (TPSA) is 33.0 Å². The molecule has 1 aromatic carbocycles. The van der Waals surface area contributed by atoms with Crippen molar-refractivity contribution in [1.29, 1.82) is 5.26 Å². The van der Waals surface area contributed by atoms with Crippen molar-refractivity contribution in [2.75, 3.05) is 7.11 Å². The molecule has 14 heavy (non-hydrogen) atoms. The number of methoxy groups -OCH3 is 1. The number of benzene rings is 1. The summed E-state index contributed by atoms with van der Waals surface area (Å²) in [6, 6.07) is 5.91. The Bertz CT molecular complexity index is 375. The number of nitrogens with zero attached hydrogens (tertiary/aromatic N) is 1. The monoisotopic (exact) mass is 189 g/mol. The van der Waals surface area contributed by atoms with Crippen molar-refractivity contribution in [3.63, 3.8) is 0 Å². The van der Waals surface area contributed by atoms with Crippen molar-refractivity contribution in [3.8, 4) is 11.8 Å². The van der Waals surface area contributed by atoms with Gasteiger partial charge in [-0.1, -0.05) is 13.8 Å². The van der Waals surface area contributed by atoms with Gasteiger partial charge in [-0.2, -0.15) is 5.26 Å². The molecule has 0 radical (unpaired) electrons. The predicted molar refractivity (Wildman–Crippen MR) is 56.5 cm³/mol. The van der Waals surface area contributed by atoms with E-state index in [-0.39, 0.29) is 0 Å². The number of nitriles is 1. The molecule has 0 saturated heterocycles. The molecule has 0 amide bonds. The maximum atomic E-state index is 8.84. The normalized spacial score (nSPS) is 10.0. The highest BCUT2D eigenvalue weighted by atomic mass is 16.5. The molecule has 0 saturated carbocycles. The van der Waals surface area contributed by atoms with Gasteiger partial charge in [0.2, 0.25) is 0 Å². The van der Waals surface area contributed by atoms with Crippen LogP contribution >= 0.6 is 0 Å². The maximum absolute atomic E-state index is 8.84. The van der Waals surface area contributed by atoms with Gasteiger partial charge in [-0.25, -0.2) is 0 Å². The van der Waals surface area contributed by atoms with E-state index in [1.54, 1.807) is 7.11 Å². The first-order chi connectivity index (χ1) is 6.60. The summed E-state index contributed by atoms with van der Waals surface area (Å²) in [4.78, 5) is 0. The van der Waals surface area contributed by atoms with Gasteiger partial charge in [0.25, 0.3) is 0 Å². The lowest BCUT2D eigenvalue weighted by Gasteiger charge is -2.14. The summed E-state index contributed by atoms with van der Waals surface area (Å²) in [7, 11) is 1.67. The third-order valence-corrected chi connectivity index (χ3v) is 2.26. The highest BCUT2D eigenvalue weighted by Gasteiger charge is 2.11. The molecular weight excluding hydrogens is 174 g/mol. The second kappa shape index (κ2) is 4.15. The van der Waals surface area contributed by atoms with E-state index in [1.807, 2.05) is 19.1 Å². The van der Waals surface area contributed by atoms with Crippen LogP contribution in [0.4, 0.5) is 0 Å². The molecule has 0 aliphatic carbocycles. The Morgan fingerprint density at radius 1 is 1.36 bits per heavy atom. The Hall–Kier alpha value is -1.49. The molecule has 0 heterocycles. The summed E-state index contributed by atoms with van der Waals surface area (Å²) in [5.74, 6) is 1.27. The lowest BCUT2D eigenvalue weighted by molar-refractivity contribution is 0.404. The predicted octanol–water partition coefficient (Wildman–Crippen LogP) is 3.00. The van der Waals surface area contributed by atoms with Gasteiger partial charge in [0, 0.05) is 0 Å². The van der Waals surface area contributed by atoms with E-state index in [1.165, 1.54) is 0 Å². The standard InChI is InChI=1S/C12H15NO/c1-8(2)11-6-10(7-13)5-9(3)12(11)14-4/h5-6,8H,1-4H3. The smallest absolute Gasteiger partial charge is 0.125 e. The molecule has 0 aliphatic rings. The molecule has 1 rings (SSSR count). The number of hydrogen-bond acceptors (Lipinski definition) is 2. The molecule has 0 N–H and O–H groups in total. The zero-order valence-electron chi connectivity index (χ0n) is 9.09. The number of aryl methyl sites for hydroxylation is 1. The molecule has 0 fully saturated rings. The van der Waals surface area contributed by atoms with Crippen LogP contribution in [0.1, 0.15) is 36.5 Å². The van der Waals surface area contributed by atoms with Gasteiger partial charge in [0.1, 0.15) is 5.75 Å². The van der Waals surface area contributed by atoms with Crippen LogP contribution in [0.2, 0.25) is 0 Å². The second-order valence-corrected chi connectivity index (χ2v) is 3.68. The minimum absolute atomic E-state index is 0.372. The zero-order valence-corrected chi connectivity index (χ0v) is 9.09. The summed E-state index contributed by atoms with van der Waals surface area (Å²) in [5.41, 5.74) is 2.83. The molecule has 2 nitrogen and oxygen atoms in total. The van der Waals surface area contributed by atoms with Crippen LogP contribution in [-0.2, 0) is 0 Å². The van der Waals surface area contributed by atoms with E-state index in [2.05, 4.69) is 19.9 Å². The molecule has 0 atom stereocenters. The van der Waals surface area contributed by atoms with E-state index >= 15 is 0 Å². The van der Waals surface area contributed by atoms with Gasteiger partial charge in [-0.05, 0) is 36.1 Å².